The zero-order chi connectivity index (χ0) is 17.5. The van der Waals surface area contributed by atoms with Gasteiger partial charge in [0.25, 0.3) is 10.0 Å². The highest BCUT2D eigenvalue weighted by Crippen LogP contribution is 2.26. The molecule has 0 aliphatic rings. The maximum absolute atomic E-state index is 12.6. The van der Waals surface area contributed by atoms with Crippen LogP contribution in [0.2, 0.25) is 0 Å². The fourth-order valence-corrected chi connectivity index (χ4v) is 4.79. The van der Waals surface area contributed by atoms with Gasteiger partial charge in [-0.1, -0.05) is 12.1 Å². The summed E-state index contributed by atoms with van der Waals surface area (Å²) in [5.74, 6) is 0. The number of sulfonamides is 1. The van der Waals surface area contributed by atoms with Crippen molar-refractivity contribution in [2.24, 2.45) is 0 Å². The van der Waals surface area contributed by atoms with E-state index < -0.39 is 19.9 Å². The number of para-hydroxylation sites is 1. The fraction of sp³-hybridized carbons (Fsp3) is 0.0714. The normalized spacial score (nSPS) is 12.4. The van der Waals surface area contributed by atoms with E-state index in [1.807, 2.05) is 22.6 Å². The number of nitrogens with one attached hydrogen (secondary N) is 2. The summed E-state index contributed by atoms with van der Waals surface area (Å²) in [4.78, 5) is -0.0508. The molecular formula is C14H12IN3O4S2. The van der Waals surface area contributed by atoms with Crippen LogP contribution in [-0.2, 0) is 19.9 Å². The van der Waals surface area contributed by atoms with Gasteiger partial charge in [0.2, 0.25) is 0 Å². The van der Waals surface area contributed by atoms with Crippen molar-refractivity contribution in [3.8, 4) is 0 Å². The topological polar surface area (TPSA) is 109 Å². The van der Waals surface area contributed by atoms with Crippen LogP contribution >= 0.6 is 22.6 Å². The number of hydrogen-bond donors (Lipinski definition) is 2. The minimum absolute atomic E-state index is 0.0157. The van der Waals surface area contributed by atoms with Crippen LogP contribution < -0.4 is 4.72 Å². The lowest BCUT2D eigenvalue weighted by atomic mass is 10.3. The van der Waals surface area contributed by atoms with Crippen molar-refractivity contribution in [1.29, 1.82) is 0 Å². The first-order valence-electron chi connectivity index (χ1n) is 6.64. The van der Waals surface area contributed by atoms with Crippen molar-refractivity contribution in [3.05, 3.63) is 46.2 Å². The number of anilines is 1. The SMILES string of the molecule is CS(=O)(=O)c1ccccc1NS(=O)(=O)c1ccc2[nH]nc(I)c2c1. The number of sulfone groups is 1. The highest BCUT2D eigenvalue weighted by molar-refractivity contribution is 14.1. The Morgan fingerprint density at radius 2 is 1.79 bits per heavy atom. The monoisotopic (exact) mass is 477 g/mol. The Hall–Kier alpha value is -1.66. The maximum atomic E-state index is 12.6. The summed E-state index contributed by atoms with van der Waals surface area (Å²) in [7, 11) is -7.51. The van der Waals surface area contributed by atoms with Gasteiger partial charge in [0.15, 0.2) is 9.84 Å². The molecule has 2 N–H and O–H groups in total. The molecular weight excluding hydrogens is 465 g/mol. The van der Waals surface area contributed by atoms with Gasteiger partial charge in [-0.05, 0) is 52.9 Å². The summed E-state index contributed by atoms with van der Waals surface area (Å²) in [6.45, 7) is 0. The molecule has 0 unspecified atom stereocenters. The number of nitrogens with zero attached hydrogens (tertiary/aromatic N) is 1. The smallest absolute Gasteiger partial charge is 0.261 e. The van der Waals surface area contributed by atoms with Crippen molar-refractivity contribution in [2.45, 2.75) is 9.79 Å². The molecule has 0 amide bonds. The molecule has 0 aliphatic carbocycles. The molecule has 0 fully saturated rings. The minimum Gasteiger partial charge on any atom is -0.278 e. The van der Waals surface area contributed by atoms with Gasteiger partial charge in [0, 0.05) is 11.6 Å². The number of fused-ring (bicyclic) bond motifs is 1. The Balaban J connectivity index is 2.07. The zero-order valence-corrected chi connectivity index (χ0v) is 16.1. The summed E-state index contributed by atoms with van der Waals surface area (Å²) in [5.41, 5.74) is 0.733. The van der Waals surface area contributed by atoms with Crippen molar-refractivity contribution in [3.63, 3.8) is 0 Å². The molecule has 1 heterocycles. The summed E-state index contributed by atoms with van der Waals surface area (Å²) in [5, 5.41) is 7.49. The van der Waals surface area contributed by atoms with Gasteiger partial charge in [0.05, 0.1) is 21.0 Å². The van der Waals surface area contributed by atoms with E-state index in [1.165, 1.54) is 30.3 Å². The maximum Gasteiger partial charge on any atom is 0.261 e. The van der Waals surface area contributed by atoms with Crippen molar-refractivity contribution < 1.29 is 16.8 Å². The van der Waals surface area contributed by atoms with Crippen LogP contribution in [0, 0.1) is 3.70 Å². The molecule has 0 radical (unpaired) electrons. The Morgan fingerprint density at radius 3 is 2.50 bits per heavy atom. The second-order valence-electron chi connectivity index (χ2n) is 5.10. The Kier molecular flexibility index (Phi) is 4.30. The average Bonchev–Trinajstić information content (AvgIpc) is 2.87. The van der Waals surface area contributed by atoms with E-state index in [4.69, 9.17) is 0 Å². The highest BCUT2D eigenvalue weighted by Gasteiger charge is 2.20. The van der Waals surface area contributed by atoms with Crippen LogP contribution in [0.1, 0.15) is 0 Å². The molecule has 2 aromatic carbocycles. The average molecular weight is 477 g/mol. The largest absolute Gasteiger partial charge is 0.278 e. The standard InChI is InChI=1S/C14H12IN3O4S2/c1-23(19,20)13-5-3-2-4-12(13)18-24(21,22)9-6-7-11-10(8-9)14(15)17-16-11/h2-8,18H,1H3,(H,16,17). The second-order valence-corrected chi connectivity index (χ2v) is 9.78. The molecule has 126 valence electrons. The number of benzene rings is 2. The van der Waals surface area contributed by atoms with Crippen molar-refractivity contribution in [2.75, 3.05) is 11.0 Å². The molecule has 3 rings (SSSR count). The number of halogens is 1. The number of aromatic nitrogens is 2. The van der Waals surface area contributed by atoms with Gasteiger partial charge >= 0.3 is 0 Å². The lowest BCUT2D eigenvalue weighted by Gasteiger charge is -2.11. The van der Waals surface area contributed by atoms with E-state index in [0.29, 0.717) is 9.09 Å². The first kappa shape index (κ1) is 17.2. The molecule has 0 saturated carbocycles. The van der Waals surface area contributed by atoms with E-state index in [-0.39, 0.29) is 15.5 Å². The number of hydrogen-bond acceptors (Lipinski definition) is 5. The summed E-state index contributed by atoms with van der Waals surface area (Å²) in [6.07, 6.45) is 1.03. The van der Waals surface area contributed by atoms with Gasteiger partial charge in [-0.3, -0.25) is 9.82 Å². The van der Waals surface area contributed by atoms with E-state index in [2.05, 4.69) is 14.9 Å². The Bertz CT molecular complexity index is 1140. The predicted molar refractivity (Wildman–Crippen MR) is 99.2 cm³/mol. The quantitative estimate of drug-likeness (QED) is 0.561. The van der Waals surface area contributed by atoms with Crippen LogP contribution in [0.5, 0.6) is 0 Å². The lowest BCUT2D eigenvalue weighted by molar-refractivity contribution is 0.601. The molecule has 0 atom stereocenters. The van der Waals surface area contributed by atoms with Crippen LogP contribution in [0.25, 0.3) is 10.9 Å². The third-order valence-corrected chi connectivity index (χ3v) is 6.67. The van der Waals surface area contributed by atoms with Crippen LogP contribution in [0.4, 0.5) is 5.69 Å². The molecule has 10 heteroatoms. The molecule has 0 aliphatic heterocycles. The van der Waals surface area contributed by atoms with Gasteiger partial charge in [-0.15, -0.1) is 0 Å². The van der Waals surface area contributed by atoms with E-state index in [0.717, 1.165) is 11.8 Å². The predicted octanol–water partition coefficient (Wildman–Crippen LogP) is 2.37. The van der Waals surface area contributed by atoms with Crippen LogP contribution in [-0.4, -0.2) is 33.3 Å². The molecule has 0 spiro atoms. The third-order valence-electron chi connectivity index (χ3n) is 3.33. The van der Waals surface area contributed by atoms with Gasteiger partial charge in [-0.2, -0.15) is 5.10 Å². The van der Waals surface area contributed by atoms with Gasteiger partial charge < -0.3 is 0 Å². The minimum atomic E-state index is -3.94. The molecule has 3 aromatic rings. The molecule has 0 bridgehead atoms. The molecule has 24 heavy (non-hydrogen) atoms. The first-order valence-corrected chi connectivity index (χ1v) is 11.1. The molecule has 1 aromatic heterocycles. The Labute approximate surface area is 152 Å². The van der Waals surface area contributed by atoms with E-state index in [9.17, 15) is 16.8 Å². The van der Waals surface area contributed by atoms with Gasteiger partial charge in [0.1, 0.15) is 3.70 Å². The van der Waals surface area contributed by atoms with Crippen LogP contribution in [0.15, 0.2) is 52.3 Å². The van der Waals surface area contributed by atoms with E-state index >= 15 is 0 Å². The summed E-state index contributed by atoms with van der Waals surface area (Å²) < 4.78 is 51.9. The lowest BCUT2D eigenvalue weighted by Crippen LogP contribution is -2.15. The molecule has 7 nitrogen and oxygen atoms in total. The van der Waals surface area contributed by atoms with Crippen LogP contribution in [0.3, 0.4) is 0 Å². The summed E-state index contributed by atoms with van der Waals surface area (Å²) in [6, 6.07) is 10.4. The van der Waals surface area contributed by atoms with Crippen molar-refractivity contribution in [1.82, 2.24) is 10.2 Å². The number of rotatable bonds is 4. The highest BCUT2D eigenvalue weighted by atomic mass is 127. The molecule has 0 saturated heterocycles. The fourth-order valence-electron chi connectivity index (χ4n) is 2.21. The zero-order valence-electron chi connectivity index (χ0n) is 12.3. The Morgan fingerprint density at radius 1 is 1.08 bits per heavy atom. The van der Waals surface area contributed by atoms with Gasteiger partial charge in [-0.25, -0.2) is 16.8 Å². The number of H-pyrrole nitrogens is 1. The first-order chi connectivity index (χ1) is 11.2. The summed E-state index contributed by atoms with van der Waals surface area (Å²) >= 11 is 2.00. The van der Waals surface area contributed by atoms with Crippen molar-refractivity contribution >= 4 is 59.0 Å². The van der Waals surface area contributed by atoms with E-state index in [1.54, 1.807) is 12.1 Å². The number of aromatic amines is 1. The second kappa shape index (κ2) is 6.01. The third kappa shape index (κ3) is 3.26.